The molecule has 0 bridgehead atoms. The SMILES string of the molecule is CCOC(=O)c1cnc2sc3cc(Oc4ccc([N+](=O)[O-])cc4)ccc3n12. The van der Waals surface area contributed by atoms with Crippen molar-refractivity contribution >= 4 is 38.2 Å². The molecule has 2 aromatic heterocycles. The molecular formula is C18H13N3O5S. The first kappa shape index (κ1) is 17.0. The Balaban J connectivity index is 1.67. The molecule has 0 saturated heterocycles. The third kappa shape index (κ3) is 3.08. The molecule has 4 rings (SSSR count). The molecule has 0 radical (unpaired) electrons. The first-order valence-electron chi connectivity index (χ1n) is 8.06. The van der Waals surface area contributed by atoms with Crippen molar-refractivity contribution in [3.8, 4) is 11.5 Å². The summed E-state index contributed by atoms with van der Waals surface area (Å²) in [5, 5.41) is 10.7. The number of rotatable bonds is 5. The first-order valence-corrected chi connectivity index (χ1v) is 8.88. The van der Waals surface area contributed by atoms with Crippen LogP contribution >= 0.6 is 11.3 Å². The van der Waals surface area contributed by atoms with Gasteiger partial charge in [0.25, 0.3) is 5.69 Å². The van der Waals surface area contributed by atoms with Crippen LogP contribution in [0, 0.1) is 10.1 Å². The predicted octanol–water partition coefficient (Wildman–Crippen LogP) is 4.43. The second-order valence-corrected chi connectivity index (χ2v) is 6.58. The maximum absolute atomic E-state index is 12.1. The summed E-state index contributed by atoms with van der Waals surface area (Å²) in [7, 11) is 0. The number of imidazole rings is 1. The smallest absolute Gasteiger partial charge is 0.357 e. The predicted molar refractivity (Wildman–Crippen MR) is 99.7 cm³/mol. The Morgan fingerprint density at radius 1 is 1.22 bits per heavy atom. The summed E-state index contributed by atoms with van der Waals surface area (Å²) in [5.41, 5.74) is 1.21. The summed E-state index contributed by atoms with van der Waals surface area (Å²) < 4.78 is 13.5. The van der Waals surface area contributed by atoms with Crippen LogP contribution < -0.4 is 4.74 Å². The number of thiazole rings is 1. The van der Waals surface area contributed by atoms with E-state index in [9.17, 15) is 14.9 Å². The summed E-state index contributed by atoms with van der Waals surface area (Å²) in [4.78, 5) is 27.3. The lowest BCUT2D eigenvalue weighted by atomic mass is 10.3. The number of aromatic nitrogens is 2. The van der Waals surface area contributed by atoms with Crippen molar-refractivity contribution < 1.29 is 19.2 Å². The quantitative estimate of drug-likeness (QED) is 0.287. The van der Waals surface area contributed by atoms with Crippen LogP contribution in [0.5, 0.6) is 11.5 Å². The molecule has 0 amide bonds. The number of ether oxygens (including phenoxy) is 2. The highest BCUT2D eigenvalue weighted by atomic mass is 32.1. The van der Waals surface area contributed by atoms with Crippen molar-refractivity contribution in [2.24, 2.45) is 0 Å². The summed E-state index contributed by atoms with van der Waals surface area (Å²) in [5.74, 6) is 0.656. The summed E-state index contributed by atoms with van der Waals surface area (Å²) >= 11 is 1.42. The van der Waals surface area contributed by atoms with Crippen molar-refractivity contribution in [1.29, 1.82) is 0 Å². The average Bonchev–Trinajstić information content (AvgIpc) is 3.21. The number of esters is 1. The summed E-state index contributed by atoms with van der Waals surface area (Å²) in [6.07, 6.45) is 1.50. The molecule has 0 aliphatic heterocycles. The molecule has 0 aliphatic carbocycles. The molecule has 0 atom stereocenters. The molecule has 2 aromatic carbocycles. The van der Waals surface area contributed by atoms with Crippen LogP contribution in [0.1, 0.15) is 17.4 Å². The molecular weight excluding hydrogens is 370 g/mol. The molecule has 8 nitrogen and oxygen atoms in total. The molecule has 0 fully saturated rings. The van der Waals surface area contributed by atoms with Gasteiger partial charge in [0.05, 0.1) is 27.9 Å². The Morgan fingerprint density at radius 2 is 1.96 bits per heavy atom. The van der Waals surface area contributed by atoms with E-state index in [1.807, 2.05) is 12.1 Å². The Hall–Kier alpha value is -3.46. The second kappa shape index (κ2) is 6.69. The van der Waals surface area contributed by atoms with Gasteiger partial charge >= 0.3 is 5.97 Å². The van der Waals surface area contributed by atoms with Gasteiger partial charge in [0.2, 0.25) is 0 Å². The highest BCUT2D eigenvalue weighted by Crippen LogP contribution is 2.32. The minimum absolute atomic E-state index is 0.00350. The lowest BCUT2D eigenvalue weighted by Gasteiger charge is -2.06. The van der Waals surface area contributed by atoms with E-state index in [1.54, 1.807) is 29.5 Å². The van der Waals surface area contributed by atoms with E-state index in [-0.39, 0.29) is 5.69 Å². The Kier molecular flexibility index (Phi) is 4.21. The van der Waals surface area contributed by atoms with Gasteiger partial charge in [-0.2, -0.15) is 0 Å². The van der Waals surface area contributed by atoms with Gasteiger partial charge in [-0.25, -0.2) is 9.78 Å². The molecule has 0 spiro atoms. The largest absolute Gasteiger partial charge is 0.461 e. The van der Waals surface area contributed by atoms with E-state index < -0.39 is 10.9 Å². The molecule has 9 heteroatoms. The molecule has 2 heterocycles. The number of fused-ring (bicyclic) bond motifs is 3. The fourth-order valence-corrected chi connectivity index (χ4v) is 3.71. The van der Waals surface area contributed by atoms with E-state index in [4.69, 9.17) is 9.47 Å². The number of benzene rings is 2. The molecule has 27 heavy (non-hydrogen) atoms. The molecule has 0 N–H and O–H groups in total. The van der Waals surface area contributed by atoms with Gasteiger partial charge in [-0.15, -0.1) is 0 Å². The van der Waals surface area contributed by atoms with Crippen LogP contribution in [-0.2, 0) is 4.74 Å². The van der Waals surface area contributed by atoms with Crippen LogP contribution in [0.4, 0.5) is 5.69 Å². The fraction of sp³-hybridized carbons (Fsp3) is 0.111. The van der Waals surface area contributed by atoms with Gasteiger partial charge in [0.15, 0.2) is 10.7 Å². The van der Waals surface area contributed by atoms with Gasteiger partial charge in [-0.05, 0) is 31.2 Å². The number of hydrogen-bond acceptors (Lipinski definition) is 7. The third-order valence-corrected chi connectivity index (χ3v) is 4.89. The van der Waals surface area contributed by atoms with Gasteiger partial charge < -0.3 is 9.47 Å². The summed E-state index contributed by atoms with van der Waals surface area (Å²) in [6.45, 7) is 2.05. The lowest BCUT2D eigenvalue weighted by molar-refractivity contribution is -0.384. The maximum Gasteiger partial charge on any atom is 0.357 e. The van der Waals surface area contributed by atoms with Crippen molar-refractivity contribution in [2.75, 3.05) is 6.61 Å². The monoisotopic (exact) mass is 383 g/mol. The lowest BCUT2D eigenvalue weighted by Crippen LogP contribution is -2.07. The topological polar surface area (TPSA) is 96.0 Å². The van der Waals surface area contributed by atoms with E-state index >= 15 is 0 Å². The zero-order valence-corrected chi connectivity index (χ0v) is 14.9. The minimum atomic E-state index is -0.460. The number of nitrogens with zero attached hydrogens (tertiary/aromatic N) is 3. The van der Waals surface area contributed by atoms with Crippen molar-refractivity contribution in [2.45, 2.75) is 6.92 Å². The Morgan fingerprint density at radius 3 is 2.67 bits per heavy atom. The van der Waals surface area contributed by atoms with Crippen LogP contribution in [0.2, 0.25) is 0 Å². The first-order chi connectivity index (χ1) is 13.1. The number of carbonyl (C=O) groups excluding carboxylic acids is 1. The van der Waals surface area contributed by atoms with Crippen molar-refractivity contribution in [3.63, 3.8) is 0 Å². The van der Waals surface area contributed by atoms with Gasteiger partial charge in [0.1, 0.15) is 11.5 Å². The van der Waals surface area contributed by atoms with Crippen LogP contribution in [-0.4, -0.2) is 26.9 Å². The van der Waals surface area contributed by atoms with Gasteiger partial charge in [-0.3, -0.25) is 14.5 Å². The van der Waals surface area contributed by atoms with Crippen molar-refractivity contribution in [1.82, 2.24) is 9.38 Å². The zero-order valence-electron chi connectivity index (χ0n) is 14.1. The average molecular weight is 383 g/mol. The number of hydrogen-bond donors (Lipinski definition) is 0. The van der Waals surface area contributed by atoms with Crippen LogP contribution in [0.15, 0.2) is 48.7 Å². The highest BCUT2D eigenvalue weighted by Gasteiger charge is 2.17. The molecule has 136 valence electrons. The zero-order chi connectivity index (χ0) is 19.0. The number of nitro groups is 1. The van der Waals surface area contributed by atoms with Crippen molar-refractivity contribution in [3.05, 3.63) is 64.5 Å². The van der Waals surface area contributed by atoms with Gasteiger partial charge in [0, 0.05) is 18.2 Å². The van der Waals surface area contributed by atoms with E-state index in [1.165, 1.54) is 29.7 Å². The number of non-ortho nitro benzene ring substituents is 1. The third-order valence-electron chi connectivity index (χ3n) is 3.87. The van der Waals surface area contributed by atoms with Crippen LogP contribution in [0.25, 0.3) is 15.2 Å². The molecule has 4 aromatic rings. The molecule has 0 saturated carbocycles. The molecule has 0 aliphatic rings. The maximum atomic E-state index is 12.1. The molecule has 0 unspecified atom stereocenters. The number of nitro benzene ring substituents is 1. The Labute approximate surface area is 156 Å². The van der Waals surface area contributed by atoms with E-state index in [0.29, 0.717) is 28.8 Å². The highest BCUT2D eigenvalue weighted by molar-refractivity contribution is 7.23. The minimum Gasteiger partial charge on any atom is -0.461 e. The van der Waals surface area contributed by atoms with Crippen LogP contribution in [0.3, 0.4) is 0 Å². The summed E-state index contributed by atoms with van der Waals surface area (Å²) in [6, 6.07) is 11.3. The fourth-order valence-electron chi connectivity index (χ4n) is 2.68. The van der Waals surface area contributed by atoms with E-state index in [0.717, 1.165) is 10.2 Å². The number of carbonyl (C=O) groups is 1. The Bertz CT molecular complexity index is 1160. The standard InChI is InChI=1S/C18H13N3O5S/c1-2-25-17(22)15-10-19-18-20(15)14-8-7-13(9-16(14)27-18)26-12-5-3-11(4-6-12)21(23)24/h3-10H,2H2,1H3. The van der Waals surface area contributed by atoms with Gasteiger partial charge in [-0.1, -0.05) is 11.3 Å². The second-order valence-electron chi connectivity index (χ2n) is 5.57. The normalized spacial score (nSPS) is 11.0. The van der Waals surface area contributed by atoms with E-state index in [2.05, 4.69) is 4.98 Å².